The van der Waals surface area contributed by atoms with Crippen LogP contribution in [0.2, 0.25) is 0 Å². The maximum atomic E-state index is 4.05. The Balaban J connectivity index is 2.60. The lowest BCUT2D eigenvalue weighted by molar-refractivity contribution is 0.731. The molecule has 0 spiro atoms. The Labute approximate surface area is 135 Å². The molecule has 0 unspecified atom stereocenters. The Morgan fingerprint density at radius 3 is 2.59 bits per heavy atom. The van der Waals surface area contributed by atoms with Crippen LogP contribution in [0.4, 0.5) is 0 Å². The SMILES string of the molecule is C=CC(=C)c1ccc(CCNC/C(C=C)=C/NC)cc1CC. The van der Waals surface area contributed by atoms with Crippen LogP contribution in [-0.4, -0.2) is 20.1 Å². The van der Waals surface area contributed by atoms with Crippen molar-refractivity contribution in [3.63, 3.8) is 0 Å². The summed E-state index contributed by atoms with van der Waals surface area (Å²) in [4.78, 5) is 0. The highest BCUT2D eigenvalue weighted by Gasteiger charge is 2.04. The average Bonchev–Trinajstić information content (AvgIpc) is 2.56. The van der Waals surface area contributed by atoms with E-state index in [2.05, 4.69) is 55.5 Å². The molecular weight excluding hydrogens is 268 g/mol. The monoisotopic (exact) mass is 296 g/mol. The summed E-state index contributed by atoms with van der Waals surface area (Å²) >= 11 is 0. The number of rotatable bonds is 10. The number of benzene rings is 1. The number of nitrogens with one attached hydrogen (secondary N) is 2. The van der Waals surface area contributed by atoms with Gasteiger partial charge in [-0.2, -0.15) is 0 Å². The van der Waals surface area contributed by atoms with Crippen LogP contribution in [0.5, 0.6) is 0 Å². The molecule has 118 valence electrons. The summed E-state index contributed by atoms with van der Waals surface area (Å²) in [5.41, 5.74) is 6.05. The van der Waals surface area contributed by atoms with Gasteiger partial charge in [0.15, 0.2) is 0 Å². The largest absolute Gasteiger partial charge is 0.394 e. The van der Waals surface area contributed by atoms with Gasteiger partial charge in [0.05, 0.1) is 0 Å². The second-order valence-electron chi connectivity index (χ2n) is 5.21. The van der Waals surface area contributed by atoms with Crippen molar-refractivity contribution in [1.29, 1.82) is 0 Å². The van der Waals surface area contributed by atoms with E-state index >= 15 is 0 Å². The standard InChI is InChI=1S/C20H28N2/c1-6-16(4)20-10-9-18(13-19(20)8-3)11-12-22-15-17(7-2)14-21-5/h6-7,9-10,13-14,21-22H,1-2,4,8,11-12,15H2,3,5H3/b17-14+. The number of hydrogen-bond donors (Lipinski definition) is 2. The topological polar surface area (TPSA) is 24.1 Å². The lowest BCUT2D eigenvalue weighted by atomic mass is 9.96. The summed E-state index contributed by atoms with van der Waals surface area (Å²) < 4.78 is 0. The van der Waals surface area contributed by atoms with E-state index in [9.17, 15) is 0 Å². The van der Waals surface area contributed by atoms with Crippen LogP contribution >= 0.6 is 0 Å². The van der Waals surface area contributed by atoms with Crippen LogP contribution in [0, 0.1) is 0 Å². The fourth-order valence-corrected chi connectivity index (χ4v) is 2.35. The van der Waals surface area contributed by atoms with Gasteiger partial charge in [-0.3, -0.25) is 0 Å². The van der Waals surface area contributed by atoms with Crippen LogP contribution < -0.4 is 10.6 Å². The van der Waals surface area contributed by atoms with Gasteiger partial charge < -0.3 is 10.6 Å². The summed E-state index contributed by atoms with van der Waals surface area (Å²) in [6, 6.07) is 6.63. The molecule has 0 bridgehead atoms. The van der Waals surface area contributed by atoms with Crippen molar-refractivity contribution < 1.29 is 0 Å². The van der Waals surface area contributed by atoms with Crippen LogP contribution in [0.15, 0.2) is 61.9 Å². The van der Waals surface area contributed by atoms with Crippen molar-refractivity contribution in [2.75, 3.05) is 20.1 Å². The number of aryl methyl sites for hydroxylation is 1. The van der Waals surface area contributed by atoms with Gasteiger partial charge in [0, 0.05) is 19.8 Å². The van der Waals surface area contributed by atoms with Crippen LogP contribution in [0.3, 0.4) is 0 Å². The Hall–Kier alpha value is -2.06. The quantitative estimate of drug-likeness (QED) is 0.506. The zero-order valence-electron chi connectivity index (χ0n) is 13.9. The average molecular weight is 296 g/mol. The van der Waals surface area contributed by atoms with Gasteiger partial charge in [0.25, 0.3) is 0 Å². The second-order valence-corrected chi connectivity index (χ2v) is 5.21. The van der Waals surface area contributed by atoms with Crippen molar-refractivity contribution in [1.82, 2.24) is 10.6 Å². The highest BCUT2D eigenvalue weighted by molar-refractivity contribution is 5.73. The molecule has 2 nitrogen and oxygen atoms in total. The molecule has 0 atom stereocenters. The molecule has 1 aromatic carbocycles. The summed E-state index contributed by atoms with van der Waals surface area (Å²) in [5.74, 6) is 0. The molecule has 0 aliphatic rings. The summed E-state index contributed by atoms with van der Waals surface area (Å²) in [7, 11) is 1.90. The van der Waals surface area contributed by atoms with Crippen LogP contribution in [-0.2, 0) is 12.8 Å². The van der Waals surface area contributed by atoms with Gasteiger partial charge >= 0.3 is 0 Å². The molecule has 1 aromatic rings. The molecule has 0 amide bonds. The van der Waals surface area contributed by atoms with Crippen molar-refractivity contribution in [2.45, 2.75) is 19.8 Å². The first kappa shape index (κ1) is 18.0. The summed E-state index contributed by atoms with van der Waals surface area (Å²) in [6.07, 6.45) is 7.67. The predicted molar refractivity (Wildman–Crippen MR) is 99.0 cm³/mol. The summed E-state index contributed by atoms with van der Waals surface area (Å²) in [5, 5.41) is 6.47. The zero-order valence-corrected chi connectivity index (χ0v) is 13.9. The van der Waals surface area contributed by atoms with E-state index in [0.29, 0.717) is 0 Å². The highest BCUT2D eigenvalue weighted by Crippen LogP contribution is 2.21. The Morgan fingerprint density at radius 2 is 2.00 bits per heavy atom. The number of hydrogen-bond acceptors (Lipinski definition) is 2. The van der Waals surface area contributed by atoms with Crippen molar-refractivity contribution in [2.24, 2.45) is 0 Å². The van der Waals surface area contributed by atoms with Gasteiger partial charge in [-0.15, -0.1) is 0 Å². The van der Waals surface area contributed by atoms with Crippen LogP contribution in [0.1, 0.15) is 23.6 Å². The van der Waals surface area contributed by atoms with Gasteiger partial charge in [-0.25, -0.2) is 0 Å². The van der Waals surface area contributed by atoms with Gasteiger partial charge in [0.1, 0.15) is 0 Å². The van der Waals surface area contributed by atoms with Gasteiger partial charge in [-0.05, 0) is 47.2 Å². The van der Waals surface area contributed by atoms with Gasteiger partial charge in [-0.1, -0.05) is 57.0 Å². The third-order valence-corrected chi connectivity index (χ3v) is 3.65. The molecule has 0 saturated carbocycles. The molecule has 2 heteroatoms. The third-order valence-electron chi connectivity index (χ3n) is 3.65. The minimum absolute atomic E-state index is 0.830. The molecule has 0 heterocycles. The number of allylic oxidation sites excluding steroid dienone is 2. The molecule has 1 rings (SSSR count). The molecule has 0 aliphatic heterocycles. The Bertz CT molecular complexity index is 553. The van der Waals surface area contributed by atoms with Crippen molar-refractivity contribution in [3.8, 4) is 0 Å². The molecular formula is C20H28N2. The van der Waals surface area contributed by atoms with E-state index in [4.69, 9.17) is 0 Å². The minimum Gasteiger partial charge on any atom is -0.394 e. The maximum Gasteiger partial charge on any atom is 0.0219 e. The molecule has 22 heavy (non-hydrogen) atoms. The van der Waals surface area contributed by atoms with Crippen molar-refractivity contribution >= 4 is 5.57 Å². The smallest absolute Gasteiger partial charge is 0.0219 e. The lowest BCUT2D eigenvalue weighted by Gasteiger charge is -2.11. The fourth-order valence-electron chi connectivity index (χ4n) is 2.35. The highest BCUT2D eigenvalue weighted by atomic mass is 14.9. The van der Waals surface area contributed by atoms with Gasteiger partial charge in [0.2, 0.25) is 0 Å². The lowest BCUT2D eigenvalue weighted by Crippen LogP contribution is -2.20. The maximum absolute atomic E-state index is 4.05. The van der Waals surface area contributed by atoms with Crippen molar-refractivity contribution in [3.05, 3.63) is 78.6 Å². The van der Waals surface area contributed by atoms with E-state index < -0.39 is 0 Å². The second kappa shape index (κ2) is 9.80. The molecule has 0 aromatic heterocycles. The molecule has 0 saturated heterocycles. The summed E-state index contributed by atoms with van der Waals surface area (Å²) in [6.45, 7) is 15.6. The fraction of sp³-hybridized carbons (Fsp3) is 0.300. The zero-order chi connectivity index (χ0) is 16.4. The first-order valence-corrected chi connectivity index (χ1v) is 7.79. The molecule has 0 fully saturated rings. The third kappa shape index (κ3) is 5.38. The van der Waals surface area contributed by atoms with E-state index in [1.807, 2.05) is 25.4 Å². The Kier molecular flexibility index (Phi) is 8.01. The van der Waals surface area contributed by atoms with E-state index in [1.54, 1.807) is 0 Å². The molecule has 0 aliphatic carbocycles. The first-order valence-electron chi connectivity index (χ1n) is 7.79. The van der Waals surface area contributed by atoms with E-state index in [-0.39, 0.29) is 0 Å². The predicted octanol–water partition coefficient (Wildman–Crippen LogP) is 3.87. The van der Waals surface area contributed by atoms with Crippen LogP contribution in [0.25, 0.3) is 5.57 Å². The van der Waals surface area contributed by atoms with E-state index in [0.717, 1.165) is 37.1 Å². The molecule has 0 radical (unpaired) electrons. The Morgan fingerprint density at radius 1 is 1.23 bits per heavy atom. The molecule has 2 N–H and O–H groups in total. The van der Waals surface area contributed by atoms with E-state index in [1.165, 1.54) is 16.7 Å². The minimum atomic E-state index is 0.830. The first-order chi connectivity index (χ1) is 10.7. The normalized spacial score (nSPS) is 11.1.